The van der Waals surface area contributed by atoms with E-state index in [-0.39, 0.29) is 56.0 Å². The third-order valence-electron chi connectivity index (χ3n) is 10.6. The van der Waals surface area contributed by atoms with Crippen LogP contribution in [0.5, 0.6) is 0 Å². The number of cyclic esters (lactones) is 2. The highest BCUT2D eigenvalue weighted by molar-refractivity contribution is 6.08. The second-order valence-electron chi connectivity index (χ2n) is 13.4. The summed E-state index contributed by atoms with van der Waals surface area (Å²) in [5.74, 6) is -0.624. The molecule has 0 radical (unpaired) electrons. The summed E-state index contributed by atoms with van der Waals surface area (Å²) in [6.45, 7) is 4.02. The Kier molecular flexibility index (Phi) is 7.79. The fraction of sp³-hybridized carbons (Fsp3) is 0.405. The zero-order valence-electron chi connectivity index (χ0n) is 27.2. The lowest BCUT2D eigenvalue weighted by Gasteiger charge is -2.36. The number of aliphatic hydroxyl groups excluding tert-OH is 1. The van der Waals surface area contributed by atoms with E-state index in [0.717, 1.165) is 22.4 Å². The number of amides is 4. The molecule has 49 heavy (non-hydrogen) atoms. The van der Waals surface area contributed by atoms with E-state index in [1.165, 1.54) is 0 Å². The van der Waals surface area contributed by atoms with Crippen LogP contribution < -0.4 is 14.7 Å². The smallest absolute Gasteiger partial charge is 0.414 e. The van der Waals surface area contributed by atoms with Gasteiger partial charge in [0.2, 0.25) is 5.91 Å². The average Bonchev–Trinajstić information content (AvgIpc) is 3.88. The highest BCUT2D eigenvalue weighted by Gasteiger charge is 2.60. The van der Waals surface area contributed by atoms with Gasteiger partial charge in [0.25, 0.3) is 5.91 Å². The maximum atomic E-state index is 14.7. The Hall–Kier alpha value is -4.94. The number of carbonyl (C=O) groups excluding carboxylic acids is 4. The number of anilines is 3. The maximum Gasteiger partial charge on any atom is 0.414 e. The first-order valence-corrected chi connectivity index (χ1v) is 16.9. The number of hydrogen-bond acceptors (Lipinski definition) is 8. The Morgan fingerprint density at radius 2 is 1.57 bits per heavy atom. The lowest BCUT2D eigenvalue weighted by atomic mass is 9.82. The SMILES string of the molecule is C[C@H]1C[C@@H](CC(=O)N2Cc3ccccc3C[C@H]2CO)O[C@]12C(=O)N(Cc1ccc(N3CCOC3=O)cc1)c1ccc(N3CCOC3=O)cc12. The molecule has 0 bridgehead atoms. The minimum atomic E-state index is -1.36. The summed E-state index contributed by atoms with van der Waals surface area (Å²) in [5.41, 5.74) is 4.38. The van der Waals surface area contributed by atoms with Gasteiger partial charge in [-0.3, -0.25) is 19.4 Å². The van der Waals surface area contributed by atoms with Crippen molar-refractivity contribution in [3.05, 3.63) is 89.0 Å². The molecule has 254 valence electrons. The second kappa shape index (κ2) is 12.2. The van der Waals surface area contributed by atoms with Crippen molar-refractivity contribution in [1.82, 2.24) is 4.90 Å². The van der Waals surface area contributed by atoms with Crippen LogP contribution in [0.4, 0.5) is 26.7 Å². The first-order chi connectivity index (χ1) is 23.8. The second-order valence-corrected chi connectivity index (χ2v) is 13.4. The third kappa shape index (κ3) is 5.21. The summed E-state index contributed by atoms with van der Waals surface area (Å²) in [4.78, 5) is 59.7. The van der Waals surface area contributed by atoms with E-state index in [4.69, 9.17) is 14.2 Å². The number of aliphatic hydroxyl groups is 1. The van der Waals surface area contributed by atoms with E-state index in [0.29, 0.717) is 56.0 Å². The van der Waals surface area contributed by atoms with Crippen LogP contribution >= 0.6 is 0 Å². The molecular formula is C37H38N4O8. The Labute approximate surface area is 283 Å². The molecule has 4 amide bonds. The van der Waals surface area contributed by atoms with Crippen LogP contribution in [0.1, 0.15) is 42.0 Å². The van der Waals surface area contributed by atoms with Crippen LogP contribution in [0, 0.1) is 5.92 Å². The lowest BCUT2D eigenvalue weighted by molar-refractivity contribution is -0.151. The van der Waals surface area contributed by atoms with Gasteiger partial charge in [0.05, 0.1) is 50.5 Å². The monoisotopic (exact) mass is 666 g/mol. The Bertz CT molecular complexity index is 1830. The predicted octanol–water partition coefficient (Wildman–Crippen LogP) is 4.10. The molecule has 1 spiro atoms. The van der Waals surface area contributed by atoms with Crippen molar-refractivity contribution in [3.8, 4) is 0 Å². The van der Waals surface area contributed by atoms with Crippen LogP contribution in [0.2, 0.25) is 0 Å². The number of fused-ring (bicyclic) bond motifs is 3. The first kappa shape index (κ1) is 31.3. The van der Waals surface area contributed by atoms with E-state index in [1.54, 1.807) is 19.6 Å². The molecule has 12 nitrogen and oxygen atoms in total. The summed E-state index contributed by atoms with van der Waals surface area (Å²) in [7, 11) is 0. The van der Waals surface area contributed by atoms with Gasteiger partial charge in [0, 0.05) is 29.4 Å². The third-order valence-corrected chi connectivity index (χ3v) is 10.6. The Morgan fingerprint density at radius 1 is 0.898 bits per heavy atom. The van der Waals surface area contributed by atoms with Gasteiger partial charge in [-0.1, -0.05) is 43.3 Å². The standard InChI is InChI=1S/C37H38N4O8/c1-23-16-30(19-33(43)40-21-26-5-3-2-4-25(26)17-29(40)22-42)49-37(23)31-18-28(39-13-15-48-36(39)46)10-11-32(31)41(34(37)44)20-24-6-8-27(9-7-24)38-12-14-47-35(38)45/h2-11,18,23,29-30,42H,12-17,19-22H2,1H3/t23-,29-,30-,37+/m0/s1. The van der Waals surface area contributed by atoms with Gasteiger partial charge in [0.15, 0.2) is 5.60 Å². The van der Waals surface area contributed by atoms with Crippen molar-refractivity contribution in [2.45, 2.75) is 57.0 Å². The number of hydrogen-bond donors (Lipinski definition) is 1. The van der Waals surface area contributed by atoms with Crippen molar-refractivity contribution >= 4 is 41.1 Å². The molecule has 8 rings (SSSR count). The molecule has 5 heterocycles. The summed E-state index contributed by atoms with van der Waals surface area (Å²) < 4.78 is 17.0. The number of rotatable bonds is 7. The highest BCUT2D eigenvalue weighted by atomic mass is 16.6. The lowest BCUT2D eigenvalue weighted by Crippen LogP contribution is -2.47. The maximum absolute atomic E-state index is 14.7. The zero-order valence-corrected chi connectivity index (χ0v) is 27.2. The van der Waals surface area contributed by atoms with Crippen molar-refractivity contribution in [2.75, 3.05) is 47.6 Å². The number of carbonyl (C=O) groups is 4. The summed E-state index contributed by atoms with van der Waals surface area (Å²) >= 11 is 0. The Morgan fingerprint density at radius 3 is 2.24 bits per heavy atom. The fourth-order valence-corrected chi connectivity index (χ4v) is 8.08. The van der Waals surface area contributed by atoms with Gasteiger partial charge in [-0.2, -0.15) is 0 Å². The molecule has 0 aromatic heterocycles. The van der Waals surface area contributed by atoms with Crippen molar-refractivity contribution < 1.29 is 38.5 Å². The quantitative estimate of drug-likeness (QED) is 0.399. The van der Waals surface area contributed by atoms with E-state index in [1.807, 2.05) is 73.7 Å². The van der Waals surface area contributed by atoms with E-state index in [2.05, 4.69) is 0 Å². The minimum Gasteiger partial charge on any atom is -0.447 e. The van der Waals surface area contributed by atoms with Crippen LogP contribution in [-0.4, -0.2) is 79.1 Å². The largest absolute Gasteiger partial charge is 0.447 e. The van der Waals surface area contributed by atoms with Crippen molar-refractivity contribution in [1.29, 1.82) is 0 Å². The van der Waals surface area contributed by atoms with Gasteiger partial charge < -0.3 is 29.1 Å². The molecule has 0 unspecified atom stereocenters. The first-order valence-electron chi connectivity index (χ1n) is 16.9. The number of benzene rings is 3. The number of nitrogens with zero attached hydrogens (tertiary/aromatic N) is 4. The van der Waals surface area contributed by atoms with Gasteiger partial charge in [0.1, 0.15) is 13.2 Å². The van der Waals surface area contributed by atoms with Crippen molar-refractivity contribution in [3.63, 3.8) is 0 Å². The highest BCUT2D eigenvalue weighted by Crippen LogP contribution is 2.55. The molecule has 3 aromatic rings. The van der Waals surface area contributed by atoms with E-state index in [9.17, 15) is 24.3 Å². The topological polar surface area (TPSA) is 129 Å². The summed E-state index contributed by atoms with van der Waals surface area (Å²) in [6, 6.07) is 20.6. The molecule has 3 aromatic carbocycles. The number of ether oxygens (including phenoxy) is 3. The molecule has 4 atom stereocenters. The van der Waals surface area contributed by atoms with Crippen LogP contribution in [0.25, 0.3) is 0 Å². The summed E-state index contributed by atoms with van der Waals surface area (Å²) in [6.07, 6.45) is -0.219. The molecule has 0 saturated carbocycles. The predicted molar refractivity (Wildman–Crippen MR) is 178 cm³/mol. The molecule has 5 aliphatic heterocycles. The van der Waals surface area contributed by atoms with E-state index < -0.39 is 17.8 Å². The van der Waals surface area contributed by atoms with Gasteiger partial charge in [-0.25, -0.2) is 9.59 Å². The zero-order chi connectivity index (χ0) is 33.9. The summed E-state index contributed by atoms with van der Waals surface area (Å²) in [5, 5.41) is 10.2. The molecule has 3 saturated heterocycles. The van der Waals surface area contributed by atoms with Crippen LogP contribution in [0.3, 0.4) is 0 Å². The molecule has 5 aliphatic rings. The van der Waals surface area contributed by atoms with Gasteiger partial charge in [-0.05, 0) is 59.9 Å². The molecule has 1 N–H and O–H groups in total. The van der Waals surface area contributed by atoms with Crippen molar-refractivity contribution in [2.24, 2.45) is 5.92 Å². The van der Waals surface area contributed by atoms with Crippen LogP contribution in [0.15, 0.2) is 66.7 Å². The minimum absolute atomic E-state index is 0.0753. The molecule has 0 aliphatic carbocycles. The van der Waals surface area contributed by atoms with Crippen LogP contribution in [-0.2, 0) is 48.9 Å². The molecular weight excluding hydrogens is 628 g/mol. The fourth-order valence-electron chi connectivity index (χ4n) is 8.08. The normalized spacial score (nSPS) is 26.0. The Balaban J connectivity index is 1.08. The average molecular weight is 667 g/mol. The van der Waals surface area contributed by atoms with E-state index >= 15 is 0 Å². The van der Waals surface area contributed by atoms with Gasteiger partial charge in [-0.15, -0.1) is 0 Å². The molecule has 12 heteroatoms. The van der Waals surface area contributed by atoms with Gasteiger partial charge >= 0.3 is 12.2 Å². The molecule has 3 fully saturated rings.